The van der Waals surface area contributed by atoms with Crippen LogP contribution in [0.2, 0.25) is 0 Å². The van der Waals surface area contributed by atoms with E-state index < -0.39 is 0 Å². The van der Waals surface area contributed by atoms with Gasteiger partial charge in [-0.1, -0.05) is 12.1 Å². The maximum atomic E-state index is 13.6. The van der Waals surface area contributed by atoms with Crippen LogP contribution in [0.5, 0.6) is 0 Å². The van der Waals surface area contributed by atoms with Gasteiger partial charge in [0.05, 0.1) is 46.7 Å². The number of pyridine rings is 1. The Kier molecular flexibility index (Phi) is 7.23. The first kappa shape index (κ1) is 24.8. The minimum Gasteiger partial charge on any atom is -0.379 e. The van der Waals surface area contributed by atoms with Crippen LogP contribution in [0.4, 0.5) is 11.4 Å². The number of carbonyl (C=O) groups excluding carboxylic acids is 1. The number of morpholine rings is 1. The van der Waals surface area contributed by atoms with E-state index in [0.29, 0.717) is 17.1 Å². The molecule has 1 amide bonds. The second kappa shape index (κ2) is 11.1. The molecule has 2 aliphatic heterocycles. The van der Waals surface area contributed by atoms with Crippen LogP contribution < -0.4 is 21.2 Å². The van der Waals surface area contributed by atoms with Gasteiger partial charge in [0.15, 0.2) is 0 Å². The van der Waals surface area contributed by atoms with Crippen molar-refractivity contribution in [3.8, 4) is 5.00 Å². The molecule has 5 heterocycles. The van der Waals surface area contributed by atoms with E-state index in [1.165, 1.54) is 11.3 Å². The summed E-state index contributed by atoms with van der Waals surface area (Å²) in [4.78, 5) is 36.2. The fraction of sp³-hybridized carbons (Fsp3) is 0.370. The minimum absolute atomic E-state index is 0.0958. The first-order valence-electron chi connectivity index (χ1n) is 13.0. The Bertz CT molecular complexity index is 1480. The van der Waals surface area contributed by atoms with Crippen LogP contribution in [0.15, 0.2) is 59.7 Å². The summed E-state index contributed by atoms with van der Waals surface area (Å²) in [5.41, 5.74) is 3.28. The van der Waals surface area contributed by atoms with E-state index in [0.717, 1.165) is 80.7 Å². The van der Waals surface area contributed by atoms with Crippen LogP contribution in [0.1, 0.15) is 9.67 Å². The van der Waals surface area contributed by atoms with E-state index in [1.807, 2.05) is 41.0 Å². The summed E-state index contributed by atoms with van der Waals surface area (Å²) in [6.45, 7) is 8.14. The topological polar surface area (TPSA) is 96.7 Å². The molecule has 0 radical (unpaired) electrons. The number of thiophene rings is 1. The van der Waals surface area contributed by atoms with Gasteiger partial charge in [0.25, 0.3) is 5.91 Å². The number of fused-ring (bicyclic) bond motifs is 1. The molecule has 0 bridgehead atoms. The van der Waals surface area contributed by atoms with Crippen molar-refractivity contribution < 1.29 is 9.53 Å². The van der Waals surface area contributed by atoms with Crippen molar-refractivity contribution in [3.05, 3.63) is 70.2 Å². The summed E-state index contributed by atoms with van der Waals surface area (Å²) in [7, 11) is 0. The molecule has 3 aromatic heterocycles. The van der Waals surface area contributed by atoms with Crippen LogP contribution in [0.25, 0.3) is 16.0 Å². The van der Waals surface area contributed by atoms with Crippen molar-refractivity contribution in [2.24, 2.45) is 0 Å². The van der Waals surface area contributed by atoms with E-state index >= 15 is 0 Å². The fourth-order valence-electron chi connectivity index (χ4n) is 5.12. The maximum Gasteiger partial charge on any atom is 0.334 e. The minimum atomic E-state index is -0.213. The number of aromatic nitrogens is 3. The number of piperazine rings is 1. The molecular weight excluding hydrogens is 502 g/mol. The van der Waals surface area contributed by atoms with Gasteiger partial charge in [0.2, 0.25) is 0 Å². The smallest absolute Gasteiger partial charge is 0.334 e. The van der Waals surface area contributed by atoms with Crippen LogP contribution in [-0.4, -0.2) is 84.0 Å². The Balaban J connectivity index is 1.25. The third kappa shape index (κ3) is 4.97. The average molecular weight is 534 g/mol. The Hall–Kier alpha value is -3.51. The van der Waals surface area contributed by atoms with Gasteiger partial charge in [-0.15, -0.1) is 11.3 Å². The van der Waals surface area contributed by atoms with Crippen LogP contribution in [-0.2, 0) is 11.3 Å². The molecule has 2 fully saturated rings. The van der Waals surface area contributed by atoms with Crippen molar-refractivity contribution in [1.82, 2.24) is 24.3 Å². The first-order valence-corrected chi connectivity index (χ1v) is 13.8. The lowest BCUT2D eigenvalue weighted by molar-refractivity contribution is 0.0364. The number of benzene rings is 1. The number of anilines is 2. The van der Waals surface area contributed by atoms with Gasteiger partial charge in [-0.25, -0.2) is 4.79 Å². The molecule has 198 valence electrons. The Labute approximate surface area is 224 Å². The number of para-hydroxylation sites is 2. The number of nitrogens with zero attached hydrogens (tertiary/aromatic N) is 5. The van der Waals surface area contributed by atoms with Crippen molar-refractivity contribution in [2.75, 3.05) is 69.2 Å². The van der Waals surface area contributed by atoms with Crippen LogP contribution >= 0.6 is 11.3 Å². The van der Waals surface area contributed by atoms with Gasteiger partial charge in [0, 0.05) is 58.6 Å². The lowest BCUT2D eigenvalue weighted by Crippen LogP contribution is -2.43. The standard InChI is InChI=1S/C27H31N7O3S/c35-26(30-20-19-29-8-7-21(20)32-11-9-28-10-12-32)24-5-6-25(38-24)34-23-4-2-1-3-22(23)33(27(34)36)14-13-31-15-17-37-18-16-31/h1-8,19,28H,9-18H2,(H,30,35). The zero-order chi connectivity index (χ0) is 25.9. The number of nitrogens with one attached hydrogen (secondary N) is 2. The number of hydrogen-bond acceptors (Lipinski definition) is 8. The van der Waals surface area contributed by atoms with E-state index in [1.54, 1.807) is 23.0 Å². The first-order chi connectivity index (χ1) is 18.7. The Morgan fingerprint density at radius 3 is 2.61 bits per heavy atom. The van der Waals surface area contributed by atoms with Crippen molar-refractivity contribution >= 4 is 39.7 Å². The SMILES string of the molecule is O=C(Nc1cnccc1N1CCNCC1)c1ccc(-n2c(=O)n(CCN3CCOCC3)c3ccccc32)s1. The summed E-state index contributed by atoms with van der Waals surface area (Å²) in [5, 5.41) is 7.11. The molecule has 38 heavy (non-hydrogen) atoms. The van der Waals surface area contributed by atoms with E-state index in [2.05, 4.69) is 25.4 Å². The highest BCUT2D eigenvalue weighted by Crippen LogP contribution is 2.28. The van der Waals surface area contributed by atoms with E-state index in [9.17, 15) is 9.59 Å². The van der Waals surface area contributed by atoms with Gasteiger partial charge in [-0.05, 0) is 30.3 Å². The molecule has 2 N–H and O–H groups in total. The molecule has 0 unspecified atom stereocenters. The lowest BCUT2D eigenvalue weighted by Gasteiger charge is -2.30. The third-order valence-electron chi connectivity index (χ3n) is 7.12. The summed E-state index contributed by atoms with van der Waals surface area (Å²) < 4.78 is 9.00. The molecular formula is C27H31N7O3S. The van der Waals surface area contributed by atoms with Gasteiger partial charge < -0.3 is 20.3 Å². The fourth-order valence-corrected chi connectivity index (χ4v) is 6.03. The molecule has 0 spiro atoms. The van der Waals surface area contributed by atoms with Crippen molar-refractivity contribution in [1.29, 1.82) is 0 Å². The maximum absolute atomic E-state index is 13.6. The van der Waals surface area contributed by atoms with Gasteiger partial charge in [-0.3, -0.25) is 23.8 Å². The highest BCUT2D eigenvalue weighted by atomic mass is 32.1. The number of ether oxygens (including phenoxy) is 1. The quantitative estimate of drug-likeness (QED) is 0.376. The number of carbonyl (C=O) groups is 1. The van der Waals surface area contributed by atoms with E-state index in [-0.39, 0.29) is 11.6 Å². The molecule has 0 atom stereocenters. The van der Waals surface area contributed by atoms with Gasteiger partial charge in [0.1, 0.15) is 5.00 Å². The predicted molar refractivity (Wildman–Crippen MR) is 150 cm³/mol. The average Bonchev–Trinajstić information content (AvgIpc) is 3.55. The van der Waals surface area contributed by atoms with Gasteiger partial charge >= 0.3 is 5.69 Å². The predicted octanol–water partition coefficient (Wildman–Crippen LogP) is 2.24. The number of rotatable bonds is 7. The summed E-state index contributed by atoms with van der Waals surface area (Å²) in [5.74, 6) is -0.213. The summed E-state index contributed by atoms with van der Waals surface area (Å²) >= 11 is 1.31. The lowest BCUT2D eigenvalue weighted by atomic mass is 10.2. The summed E-state index contributed by atoms with van der Waals surface area (Å²) in [6, 6.07) is 13.4. The molecule has 2 aliphatic rings. The zero-order valence-corrected chi connectivity index (χ0v) is 22.0. The van der Waals surface area contributed by atoms with Crippen molar-refractivity contribution in [2.45, 2.75) is 6.54 Å². The monoisotopic (exact) mass is 533 g/mol. The van der Waals surface area contributed by atoms with Crippen LogP contribution in [0.3, 0.4) is 0 Å². The van der Waals surface area contributed by atoms with Gasteiger partial charge in [-0.2, -0.15) is 0 Å². The molecule has 1 aromatic carbocycles. The third-order valence-corrected chi connectivity index (χ3v) is 8.19. The van der Waals surface area contributed by atoms with Crippen molar-refractivity contribution in [3.63, 3.8) is 0 Å². The second-order valence-electron chi connectivity index (χ2n) is 9.43. The largest absolute Gasteiger partial charge is 0.379 e. The zero-order valence-electron chi connectivity index (χ0n) is 21.1. The highest BCUT2D eigenvalue weighted by molar-refractivity contribution is 7.16. The highest BCUT2D eigenvalue weighted by Gasteiger charge is 2.20. The molecule has 0 saturated carbocycles. The number of hydrogen-bond donors (Lipinski definition) is 2. The Morgan fingerprint density at radius 1 is 1.00 bits per heavy atom. The molecule has 6 rings (SSSR count). The normalized spacial score (nSPS) is 16.7. The van der Waals surface area contributed by atoms with Crippen LogP contribution in [0, 0.1) is 0 Å². The molecule has 0 aliphatic carbocycles. The second-order valence-corrected chi connectivity index (χ2v) is 10.5. The molecule has 2 saturated heterocycles. The Morgan fingerprint density at radius 2 is 1.79 bits per heavy atom. The molecule has 10 nitrogen and oxygen atoms in total. The summed E-state index contributed by atoms with van der Waals surface area (Å²) in [6.07, 6.45) is 3.44. The van der Waals surface area contributed by atoms with E-state index in [4.69, 9.17) is 4.74 Å². The number of amides is 1. The molecule has 11 heteroatoms. The number of imidazole rings is 1. The molecule has 4 aromatic rings.